The summed E-state index contributed by atoms with van der Waals surface area (Å²) in [5.41, 5.74) is 0.679. The summed E-state index contributed by atoms with van der Waals surface area (Å²) in [6, 6.07) is 4.56. The number of ether oxygens (including phenoxy) is 2. The Morgan fingerprint density at radius 2 is 1.95 bits per heavy atom. The third-order valence-electron chi connectivity index (χ3n) is 2.49. The molecule has 19 heavy (non-hydrogen) atoms. The van der Waals surface area contributed by atoms with Crippen LogP contribution >= 0.6 is 11.6 Å². The van der Waals surface area contributed by atoms with Crippen molar-refractivity contribution in [3.63, 3.8) is 0 Å². The molecule has 0 spiro atoms. The standard InChI is InChI=1S/C12H10ClNO5/c1-17-7-3-4-8(18-2)11(13)10(7)6-5-9(12(15)16)19-14-6/h3-5H,1-2H3,(H,15,16). The molecular formula is C12H10ClNO5. The molecule has 0 aliphatic carbocycles. The number of aromatic carboxylic acids is 1. The third-order valence-corrected chi connectivity index (χ3v) is 2.86. The van der Waals surface area contributed by atoms with E-state index in [0.717, 1.165) is 0 Å². The van der Waals surface area contributed by atoms with Gasteiger partial charge in [-0.3, -0.25) is 0 Å². The van der Waals surface area contributed by atoms with Crippen LogP contribution in [0.3, 0.4) is 0 Å². The molecule has 0 atom stereocenters. The summed E-state index contributed by atoms with van der Waals surface area (Å²) >= 11 is 6.18. The topological polar surface area (TPSA) is 81.8 Å². The Kier molecular flexibility index (Phi) is 3.62. The van der Waals surface area contributed by atoms with Gasteiger partial charge in [-0.2, -0.15) is 0 Å². The molecule has 0 amide bonds. The molecule has 0 aliphatic heterocycles. The number of carboxylic acid groups (broad SMARTS) is 1. The van der Waals surface area contributed by atoms with E-state index in [1.807, 2.05) is 0 Å². The molecule has 1 heterocycles. The van der Waals surface area contributed by atoms with Crippen LogP contribution in [-0.4, -0.2) is 30.5 Å². The van der Waals surface area contributed by atoms with Crippen molar-refractivity contribution in [2.75, 3.05) is 14.2 Å². The molecule has 1 aromatic carbocycles. The lowest BCUT2D eigenvalue weighted by Crippen LogP contribution is -1.93. The van der Waals surface area contributed by atoms with Crippen LogP contribution in [0, 0.1) is 0 Å². The summed E-state index contributed by atoms with van der Waals surface area (Å²) < 4.78 is 15.0. The van der Waals surface area contributed by atoms with Crippen LogP contribution in [0.25, 0.3) is 11.3 Å². The first-order chi connectivity index (χ1) is 9.08. The van der Waals surface area contributed by atoms with Crippen molar-refractivity contribution in [2.24, 2.45) is 0 Å². The molecule has 100 valence electrons. The molecule has 2 aromatic rings. The van der Waals surface area contributed by atoms with Crippen molar-refractivity contribution >= 4 is 17.6 Å². The first kappa shape index (κ1) is 13.2. The van der Waals surface area contributed by atoms with E-state index >= 15 is 0 Å². The number of halogens is 1. The summed E-state index contributed by atoms with van der Waals surface area (Å²) in [7, 11) is 2.95. The lowest BCUT2D eigenvalue weighted by Gasteiger charge is -2.11. The van der Waals surface area contributed by atoms with Gasteiger partial charge in [0.25, 0.3) is 0 Å². The van der Waals surface area contributed by atoms with Crippen LogP contribution in [-0.2, 0) is 0 Å². The van der Waals surface area contributed by atoms with Gasteiger partial charge in [-0.1, -0.05) is 16.8 Å². The number of aromatic nitrogens is 1. The Labute approximate surface area is 113 Å². The molecule has 0 saturated heterocycles. The van der Waals surface area contributed by atoms with E-state index in [0.29, 0.717) is 17.1 Å². The van der Waals surface area contributed by atoms with Gasteiger partial charge in [0.1, 0.15) is 17.2 Å². The van der Waals surface area contributed by atoms with Gasteiger partial charge in [0, 0.05) is 6.07 Å². The average molecular weight is 284 g/mol. The van der Waals surface area contributed by atoms with Crippen LogP contribution in [0.5, 0.6) is 11.5 Å². The fourth-order valence-electron chi connectivity index (χ4n) is 1.60. The van der Waals surface area contributed by atoms with Crippen molar-refractivity contribution in [2.45, 2.75) is 0 Å². The second-order valence-electron chi connectivity index (χ2n) is 3.54. The van der Waals surface area contributed by atoms with Crippen LogP contribution in [0.2, 0.25) is 5.02 Å². The Morgan fingerprint density at radius 3 is 2.47 bits per heavy atom. The van der Waals surface area contributed by atoms with Gasteiger partial charge in [0.2, 0.25) is 5.76 Å². The predicted molar refractivity (Wildman–Crippen MR) is 67.0 cm³/mol. The minimum absolute atomic E-state index is 0.262. The Balaban J connectivity index is 2.61. The minimum Gasteiger partial charge on any atom is -0.496 e. The highest BCUT2D eigenvalue weighted by atomic mass is 35.5. The zero-order valence-corrected chi connectivity index (χ0v) is 10.9. The lowest BCUT2D eigenvalue weighted by molar-refractivity contribution is 0.0652. The van der Waals surface area contributed by atoms with Gasteiger partial charge in [-0.15, -0.1) is 0 Å². The van der Waals surface area contributed by atoms with Crippen LogP contribution in [0.15, 0.2) is 22.7 Å². The SMILES string of the molecule is COc1ccc(OC)c(-c2cc(C(=O)O)on2)c1Cl. The maximum Gasteiger partial charge on any atom is 0.374 e. The number of carbonyl (C=O) groups is 1. The Morgan fingerprint density at radius 1 is 1.32 bits per heavy atom. The third kappa shape index (κ3) is 2.34. The smallest absolute Gasteiger partial charge is 0.374 e. The van der Waals surface area contributed by atoms with E-state index in [2.05, 4.69) is 5.16 Å². The van der Waals surface area contributed by atoms with E-state index in [-0.39, 0.29) is 16.5 Å². The molecular weight excluding hydrogens is 274 g/mol. The van der Waals surface area contributed by atoms with Crippen LogP contribution in [0.4, 0.5) is 0 Å². The lowest BCUT2D eigenvalue weighted by atomic mass is 10.1. The van der Waals surface area contributed by atoms with Crippen LogP contribution < -0.4 is 9.47 Å². The molecule has 0 aliphatic rings. The number of hydrogen-bond donors (Lipinski definition) is 1. The highest BCUT2D eigenvalue weighted by Crippen LogP contribution is 2.41. The molecule has 0 bridgehead atoms. The summed E-state index contributed by atoms with van der Waals surface area (Å²) in [6.07, 6.45) is 0. The monoisotopic (exact) mass is 283 g/mol. The number of rotatable bonds is 4. The number of carboxylic acids is 1. The Hall–Kier alpha value is -2.21. The zero-order chi connectivity index (χ0) is 14.0. The predicted octanol–water partition coefficient (Wildman–Crippen LogP) is 2.71. The largest absolute Gasteiger partial charge is 0.496 e. The molecule has 1 N–H and O–H groups in total. The second-order valence-corrected chi connectivity index (χ2v) is 3.92. The van der Waals surface area contributed by atoms with E-state index < -0.39 is 5.97 Å². The van der Waals surface area contributed by atoms with Crippen molar-refractivity contribution in [1.29, 1.82) is 0 Å². The first-order valence-corrected chi connectivity index (χ1v) is 5.57. The maximum atomic E-state index is 10.8. The Bertz CT molecular complexity index is 623. The van der Waals surface area contributed by atoms with Gasteiger partial charge in [0.15, 0.2) is 0 Å². The van der Waals surface area contributed by atoms with E-state index in [9.17, 15) is 4.79 Å². The van der Waals surface area contributed by atoms with E-state index in [4.69, 9.17) is 30.7 Å². The minimum atomic E-state index is -1.21. The molecule has 0 saturated carbocycles. The van der Waals surface area contributed by atoms with Crippen molar-refractivity contribution in [3.05, 3.63) is 29.0 Å². The first-order valence-electron chi connectivity index (χ1n) is 5.19. The molecule has 7 heteroatoms. The molecule has 0 unspecified atom stereocenters. The summed E-state index contributed by atoms with van der Waals surface area (Å²) in [5, 5.41) is 12.8. The quantitative estimate of drug-likeness (QED) is 0.929. The van der Waals surface area contributed by atoms with Crippen LogP contribution in [0.1, 0.15) is 10.6 Å². The van der Waals surface area contributed by atoms with E-state index in [1.54, 1.807) is 12.1 Å². The summed E-state index contributed by atoms with van der Waals surface area (Å²) in [4.78, 5) is 10.8. The molecule has 2 rings (SSSR count). The van der Waals surface area contributed by atoms with Gasteiger partial charge < -0.3 is 19.1 Å². The number of hydrogen-bond acceptors (Lipinski definition) is 5. The normalized spacial score (nSPS) is 10.3. The maximum absolute atomic E-state index is 10.8. The number of nitrogens with zero attached hydrogens (tertiary/aromatic N) is 1. The van der Waals surface area contributed by atoms with Gasteiger partial charge in [-0.25, -0.2) is 4.79 Å². The molecule has 0 radical (unpaired) electrons. The average Bonchev–Trinajstić information content (AvgIpc) is 2.87. The van der Waals surface area contributed by atoms with Gasteiger partial charge >= 0.3 is 5.97 Å². The van der Waals surface area contributed by atoms with Crippen molar-refractivity contribution in [3.8, 4) is 22.8 Å². The van der Waals surface area contributed by atoms with Crippen molar-refractivity contribution in [1.82, 2.24) is 5.16 Å². The van der Waals surface area contributed by atoms with Gasteiger partial charge in [-0.05, 0) is 12.1 Å². The fraction of sp³-hybridized carbons (Fsp3) is 0.167. The zero-order valence-electron chi connectivity index (χ0n) is 10.1. The van der Waals surface area contributed by atoms with Gasteiger partial charge in [0.05, 0.1) is 24.8 Å². The van der Waals surface area contributed by atoms with E-state index in [1.165, 1.54) is 20.3 Å². The summed E-state index contributed by atoms with van der Waals surface area (Å²) in [6.45, 7) is 0. The molecule has 6 nitrogen and oxygen atoms in total. The number of methoxy groups -OCH3 is 2. The highest BCUT2D eigenvalue weighted by Gasteiger charge is 2.20. The summed E-state index contributed by atoms with van der Waals surface area (Å²) in [5.74, 6) is -0.624. The fourth-order valence-corrected chi connectivity index (χ4v) is 1.93. The number of benzene rings is 1. The highest BCUT2D eigenvalue weighted by molar-refractivity contribution is 6.35. The molecule has 0 fully saturated rings. The van der Waals surface area contributed by atoms with Crippen molar-refractivity contribution < 1.29 is 23.9 Å². The molecule has 1 aromatic heterocycles. The second kappa shape index (κ2) is 5.19.